The van der Waals surface area contributed by atoms with Gasteiger partial charge in [0.1, 0.15) is 23.9 Å². The van der Waals surface area contributed by atoms with Crippen molar-refractivity contribution in [1.29, 1.82) is 0 Å². The fraction of sp³-hybridized carbons (Fsp3) is 0.344. The molecule has 0 aliphatic carbocycles. The quantitative estimate of drug-likeness (QED) is 0.231. The first-order valence-electron chi connectivity index (χ1n) is 14.8. The zero-order valence-electron chi connectivity index (χ0n) is 26.2. The Balaban J connectivity index is 1.26. The second-order valence-corrected chi connectivity index (χ2v) is 11.5. The normalized spacial score (nSPS) is 14.9. The number of rotatable bonds is 12. The van der Waals surface area contributed by atoms with Crippen molar-refractivity contribution in [1.82, 2.24) is 30.1 Å². The van der Waals surface area contributed by atoms with Crippen molar-refractivity contribution in [2.45, 2.75) is 19.2 Å². The number of carbonyl (C=O) groups is 3. The number of fused-ring (bicyclic) bond motifs is 1. The highest BCUT2D eigenvalue weighted by Gasteiger charge is 2.30. The number of aromatic nitrogens is 3. The number of anilines is 1. The summed E-state index contributed by atoms with van der Waals surface area (Å²) in [6.07, 6.45) is 1.73. The lowest BCUT2D eigenvalue weighted by Crippen LogP contribution is -2.56. The first-order valence-corrected chi connectivity index (χ1v) is 15.6. The van der Waals surface area contributed by atoms with Crippen LogP contribution in [-0.2, 0) is 32.3 Å². The van der Waals surface area contributed by atoms with E-state index < -0.39 is 17.9 Å². The van der Waals surface area contributed by atoms with Crippen LogP contribution in [0.25, 0.3) is 11.0 Å². The molecular formula is C32H35Cl2N7O6. The van der Waals surface area contributed by atoms with E-state index in [0.29, 0.717) is 53.2 Å². The average Bonchev–Trinajstić information content (AvgIpc) is 3.45. The third-order valence-corrected chi connectivity index (χ3v) is 8.56. The van der Waals surface area contributed by atoms with Gasteiger partial charge in [0.2, 0.25) is 17.7 Å². The summed E-state index contributed by atoms with van der Waals surface area (Å²) in [7, 11) is 4.64. The predicted molar refractivity (Wildman–Crippen MR) is 177 cm³/mol. The lowest BCUT2D eigenvalue weighted by molar-refractivity contribution is -0.135. The van der Waals surface area contributed by atoms with E-state index in [1.165, 1.54) is 11.9 Å². The van der Waals surface area contributed by atoms with Crippen LogP contribution in [0.15, 0.2) is 54.7 Å². The lowest BCUT2D eigenvalue weighted by atomic mass is 10.2. The molecule has 13 nitrogen and oxygen atoms in total. The second-order valence-electron chi connectivity index (χ2n) is 10.7. The minimum absolute atomic E-state index is 0.00907. The molecule has 0 bridgehead atoms. The maximum Gasteiger partial charge on any atom is 0.297 e. The molecule has 4 aromatic rings. The maximum absolute atomic E-state index is 13.1. The summed E-state index contributed by atoms with van der Waals surface area (Å²) in [5.74, 6) is -0.553. The number of imidazole rings is 1. The Morgan fingerprint density at radius 3 is 2.70 bits per heavy atom. The third kappa shape index (κ3) is 7.76. The van der Waals surface area contributed by atoms with Crippen molar-refractivity contribution in [2.75, 3.05) is 59.0 Å². The number of halogens is 2. The van der Waals surface area contributed by atoms with Crippen LogP contribution in [0, 0.1) is 0 Å². The van der Waals surface area contributed by atoms with Crippen molar-refractivity contribution in [2.24, 2.45) is 0 Å². The average molecular weight is 685 g/mol. The van der Waals surface area contributed by atoms with Crippen molar-refractivity contribution < 1.29 is 28.6 Å². The van der Waals surface area contributed by atoms with Gasteiger partial charge in [0.05, 0.1) is 61.9 Å². The van der Waals surface area contributed by atoms with Gasteiger partial charge in [0, 0.05) is 37.4 Å². The molecule has 1 atom stereocenters. The third-order valence-electron chi connectivity index (χ3n) is 7.78. The molecular weight excluding hydrogens is 649 g/mol. The molecule has 3 heterocycles. The molecule has 1 aliphatic heterocycles. The molecule has 248 valence electrons. The van der Waals surface area contributed by atoms with Crippen molar-refractivity contribution in [3.8, 4) is 11.8 Å². The monoisotopic (exact) mass is 683 g/mol. The van der Waals surface area contributed by atoms with Gasteiger partial charge in [0.15, 0.2) is 0 Å². The van der Waals surface area contributed by atoms with Crippen molar-refractivity contribution in [3.05, 3.63) is 76.0 Å². The summed E-state index contributed by atoms with van der Waals surface area (Å²) >= 11 is 13.3. The number of pyridine rings is 1. The minimum Gasteiger partial charge on any atom is -0.486 e. The van der Waals surface area contributed by atoms with E-state index in [9.17, 15) is 14.4 Å². The fourth-order valence-corrected chi connectivity index (χ4v) is 5.81. The molecule has 3 amide bonds. The molecule has 2 aromatic carbocycles. The Kier molecular flexibility index (Phi) is 11.1. The van der Waals surface area contributed by atoms with Gasteiger partial charge in [-0.25, -0.2) is 0 Å². The van der Waals surface area contributed by atoms with Gasteiger partial charge >= 0.3 is 0 Å². The highest BCUT2D eigenvalue weighted by molar-refractivity contribution is 6.38. The number of ether oxygens (including phenoxy) is 3. The molecule has 1 fully saturated rings. The zero-order chi connectivity index (χ0) is 33.5. The Morgan fingerprint density at radius 1 is 1.13 bits per heavy atom. The van der Waals surface area contributed by atoms with Crippen LogP contribution in [0.3, 0.4) is 0 Å². The molecule has 0 radical (unpaired) electrons. The summed E-state index contributed by atoms with van der Waals surface area (Å²) in [5, 5.41) is 5.80. The number of methoxy groups -OCH3 is 1. The van der Waals surface area contributed by atoms with Crippen LogP contribution in [0.2, 0.25) is 10.0 Å². The summed E-state index contributed by atoms with van der Waals surface area (Å²) in [4.78, 5) is 50.0. The predicted octanol–water partition coefficient (Wildman–Crippen LogP) is 2.90. The Bertz CT molecular complexity index is 1750. The molecule has 1 unspecified atom stereocenters. The fourth-order valence-electron chi connectivity index (χ4n) is 5.21. The van der Waals surface area contributed by atoms with Crippen LogP contribution in [0.5, 0.6) is 11.8 Å². The van der Waals surface area contributed by atoms with Crippen molar-refractivity contribution >= 4 is 57.6 Å². The minimum atomic E-state index is -0.581. The topological polar surface area (TPSA) is 140 Å². The number of likely N-dealkylation sites (N-methyl/N-ethyl adjacent to an activating group) is 2. The molecule has 47 heavy (non-hydrogen) atoms. The van der Waals surface area contributed by atoms with E-state index in [-0.39, 0.29) is 37.2 Å². The van der Waals surface area contributed by atoms with Crippen molar-refractivity contribution in [3.63, 3.8) is 0 Å². The number of hydrogen-bond acceptors (Lipinski definition) is 9. The second kappa shape index (κ2) is 15.4. The van der Waals surface area contributed by atoms with Gasteiger partial charge in [0.25, 0.3) is 6.01 Å². The first-order chi connectivity index (χ1) is 22.7. The number of amides is 3. The van der Waals surface area contributed by atoms with E-state index in [4.69, 9.17) is 37.4 Å². The van der Waals surface area contributed by atoms with Crippen LogP contribution in [0.4, 0.5) is 5.69 Å². The smallest absolute Gasteiger partial charge is 0.297 e. The van der Waals surface area contributed by atoms with E-state index in [1.807, 2.05) is 34.9 Å². The van der Waals surface area contributed by atoms with E-state index in [0.717, 1.165) is 11.2 Å². The standard InChI is InChI=1S/C32H35Cl2N7O6/c1-35-31(44)25-19-46-14-13-40(25)17-27(42)37-15-28(43)39(2)23-11-10-22(33)21(29(23)34)18-47-26-9-6-8-24-30(26)38-32(45-3)41(24)16-20-7-4-5-12-36-20/h4-12,25H,13-19H2,1-3H3,(H,35,44)(H,37,42). The van der Waals surface area contributed by atoms with Gasteiger partial charge in [-0.2, -0.15) is 4.98 Å². The lowest BCUT2D eigenvalue weighted by Gasteiger charge is -2.33. The Morgan fingerprint density at radius 2 is 1.96 bits per heavy atom. The number of benzene rings is 2. The van der Waals surface area contributed by atoms with Crippen LogP contribution >= 0.6 is 23.2 Å². The number of morpholine rings is 1. The van der Waals surface area contributed by atoms with Crippen LogP contribution in [-0.4, -0.2) is 97.3 Å². The van der Waals surface area contributed by atoms with Gasteiger partial charge in [-0.3, -0.25) is 28.8 Å². The molecule has 15 heteroatoms. The molecule has 1 saturated heterocycles. The highest BCUT2D eigenvalue weighted by Crippen LogP contribution is 2.36. The van der Waals surface area contributed by atoms with Crippen LogP contribution in [0.1, 0.15) is 11.3 Å². The molecule has 2 aromatic heterocycles. The molecule has 0 saturated carbocycles. The van der Waals surface area contributed by atoms with E-state index in [1.54, 1.807) is 43.5 Å². The first kappa shape index (κ1) is 33.9. The summed E-state index contributed by atoms with van der Waals surface area (Å²) in [6, 6.07) is 14.3. The summed E-state index contributed by atoms with van der Waals surface area (Å²) in [6.45, 7) is 1.12. The number of carbonyl (C=O) groups excluding carboxylic acids is 3. The van der Waals surface area contributed by atoms with Gasteiger partial charge < -0.3 is 29.7 Å². The Labute approximate surface area is 281 Å². The number of hydrogen-bond donors (Lipinski definition) is 2. The number of para-hydroxylation sites is 1. The summed E-state index contributed by atoms with van der Waals surface area (Å²) in [5.41, 5.74) is 3.09. The molecule has 1 aliphatic rings. The van der Waals surface area contributed by atoms with Crippen LogP contribution < -0.4 is 25.0 Å². The molecule has 5 rings (SSSR count). The Hall–Kier alpha value is -4.43. The largest absolute Gasteiger partial charge is 0.486 e. The van der Waals surface area contributed by atoms with E-state index >= 15 is 0 Å². The van der Waals surface area contributed by atoms with E-state index in [2.05, 4.69) is 20.6 Å². The highest BCUT2D eigenvalue weighted by atomic mass is 35.5. The SMILES string of the molecule is CNC(=O)C1COCCN1CC(=O)NCC(=O)N(C)c1ccc(Cl)c(COc2cccc3c2nc(OC)n3Cc2ccccn2)c1Cl. The number of nitrogens with one attached hydrogen (secondary N) is 2. The zero-order valence-corrected chi connectivity index (χ0v) is 27.7. The van der Waals surface area contributed by atoms with Gasteiger partial charge in [-0.05, 0) is 36.4 Å². The van der Waals surface area contributed by atoms with Gasteiger partial charge in [-0.15, -0.1) is 0 Å². The molecule has 2 N–H and O–H groups in total. The molecule has 0 spiro atoms. The maximum atomic E-state index is 13.1. The summed E-state index contributed by atoms with van der Waals surface area (Å²) < 4.78 is 19.0. The number of nitrogens with zero attached hydrogens (tertiary/aromatic N) is 5. The van der Waals surface area contributed by atoms with Gasteiger partial charge in [-0.1, -0.05) is 35.3 Å².